The van der Waals surface area contributed by atoms with Gasteiger partial charge in [-0.05, 0) is 41.1 Å². The Balaban J connectivity index is 2.14. The number of carbonyl (C=O) groups is 1. The fourth-order valence-corrected chi connectivity index (χ4v) is 2.65. The van der Waals surface area contributed by atoms with E-state index in [9.17, 15) is 4.79 Å². The van der Waals surface area contributed by atoms with E-state index in [2.05, 4.69) is 15.5 Å². The minimum Gasteiger partial charge on any atom is -0.497 e. The molecule has 0 saturated heterocycles. The van der Waals surface area contributed by atoms with Crippen LogP contribution in [0.25, 0.3) is 0 Å². The third-order valence-electron chi connectivity index (χ3n) is 2.87. The summed E-state index contributed by atoms with van der Waals surface area (Å²) in [5.41, 5.74) is 0.667. The minimum atomic E-state index is -0.201. The smallest absolute Gasteiger partial charge is 0.209 e. The van der Waals surface area contributed by atoms with Crippen LogP contribution in [0, 0.1) is 0 Å². The molecule has 0 saturated carbocycles. The molecule has 1 heterocycles. The molecule has 0 bridgehead atoms. The summed E-state index contributed by atoms with van der Waals surface area (Å²) in [6.07, 6.45) is 0.711. The van der Waals surface area contributed by atoms with Gasteiger partial charge >= 0.3 is 0 Å². The molecule has 0 amide bonds. The van der Waals surface area contributed by atoms with Crippen molar-refractivity contribution in [3.63, 3.8) is 0 Å². The van der Waals surface area contributed by atoms with Crippen LogP contribution >= 0.6 is 11.8 Å². The molecule has 1 aromatic carbocycles. The summed E-state index contributed by atoms with van der Waals surface area (Å²) in [5.74, 6) is 0.808. The standard InChI is InChI=1S/C13H16N4O2S/c1-4-11(20-13-14-15-16-17(13)2)12(18)9-5-7-10(19-3)8-6-9/h5-8,11H,4H2,1-3H3/t11-/m0/s1. The lowest BCUT2D eigenvalue weighted by atomic mass is 10.1. The Morgan fingerprint density at radius 1 is 1.40 bits per heavy atom. The molecule has 2 aromatic rings. The molecule has 0 aliphatic heterocycles. The first kappa shape index (κ1) is 14.5. The molecule has 20 heavy (non-hydrogen) atoms. The Morgan fingerprint density at radius 3 is 2.60 bits per heavy atom. The monoisotopic (exact) mass is 292 g/mol. The second-order valence-corrected chi connectivity index (χ2v) is 5.36. The highest BCUT2D eigenvalue weighted by atomic mass is 32.2. The third kappa shape index (κ3) is 3.16. The SMILES string of the molecule is CC[C@H](Sc1nnnn1C)C(=O)c1ccc(OC)cc1. The van der Waals surface area contributed by atoms with Crippen LogP contribution in [0.1, 0.15) is 23.7 Å². The fourth-order valence-electron chi connectivity index (χ4n) is 1.71. The first-order chi connectivity index (χ1) is 9.65. The highest BCUT2D eigenvalue weighted by Crippen LogP contribution is 2.26. The van der Waals surface area contributed by atoms with Crippen LogP contribution in [0.5, 0.6) is 5.75 Å². The van der Waals surface area contributed by atoms with Crippen molar-refractivity contribution in [2.24, 2.45) is 7.05 Å². The number of hydrogen-bond acceptors (Lipinski definition) is 6. The summed E-state index contributed by atoms with van der Waals surface area (Å²) < 4.78 is 6.65. The van der Waals surface area contributed by atoms with E-state index >= 15 is 0 Å². The molecule has 1 atom stereocenters. The van der Waals surface area contributed by atoms with Crippen LogP contribution in [0.15, 0.2) is 29.4 Å². The maximum atomic E-state index is 12.5. The van der Waals surface area contributed by atoms with Crippen LogP contribution in [0.4, 0.5) is 0 Å². The van der Waals surface area contributed by atoms with E-state index in [0.29, 0.717) is 17.1 Å². The topological polar surface area (TPSA) is 69.9 Å². The Kier molecular flexibility index (Phi) is 4.73. The zero-order chi connectivity index (χ0) is 14.5. The molecule has 7 heteroatoms. The lowest BCUT2D eigenvalue weighted by molar-refractivity contribution is 0.0988. The maximum Gasteiger partial charge on any atom is 0.209 e. The first-order valence-corrected chi connectivity index (χ1v) is 7.11. The fraction of sp³-hybridized carbons (Fsp3) is 0.385. The summed E-state index contributed by atoms with van der Waals surface area (Å²) >= 11 is 1.38. The number of carbonyl (C=O) groups excluding carboxylic acids is 1. The van der Waals surface area contributed by atoms with E-state index in [1.807, 2.05) is 6.92 Å². The number of aryl methyl sites for hydroxylation is 1. The van der Waals surface area contributed by atoms with Crippen LogP contribution in [-0.2, 0) is 7.05 Å². The second kappa shape index (κ2) is 6.51. The van der Waals surface area contributed by atoms with Crippen molar-refractivity contribution < 1.29 is 9.53 Å². The van der Waals surface area contributed by atoms with Crippen molar-refractivity contribution in [2.45, 2.75) is 23.8 Å². The largest absolute Gasteiger partial charge is 0.497 e. The van der Waals surface area contributed by atoms with Gasteiger partial charge in [0.15, 0.2) is 5.78 Å². The minimum absolute atomic E-state index is 0.0724. The number of Topliss-reactive ketones (excluding diaryl/α,β-unsaturated/α-hetero) is 1. The highest BCUT2D eigenvalue weighted by Gasteiger charge is 2.22. The van der Waals surface area contributed by atoms with Gasteiger partial charge in [0.2, 0.25) is 5.16 Å². The third-order valence-corrected chi connectivity index (χ3v) is 4.26. The molecular formula is C13H16N4O2S. The molecule has 2 rings (SSSR count). The lowest BCUT2D eigenvalue weighted by Crippen LogP contribution is -2.17. The van der Waals surface area contributed by atoms with E-state index in [0.717, 1.165) is 5.75 Å². The van der Waals surface area contributed by atoms with Crippen molar-refractivity contribution in [2.75, 3.05) is 7.11 Å². The summed E-state index contributed by atoms with van der Waals surface area (Å²) in [4.78, 5) is 12.5. The number of tetrazole rings is 1. The van der Waals surface area contributed by atoms with Gasteiger partial charge < -0.3 is 4.74 Å². The predicted molar refractivity (Wildman–Crippen MR) is 76.1 cm³/mol. The van der Waals surface area contributed by atoms with Gasteiger partial charge in [-0.1, -0.05) is 18.7 Å². The zero-order valence-corrected chi connectivity index (χ0v) is 12.4. The molecule has 0 aliphatic carbocycles. The van der Waals surface area contributed by atoms with Crippen LogP contribution in [0.2, 0.25) is 0 Å². The number of methoxy groups -OCH3 is 1. The molecule has 0 spiro atoms. The van der Waals surface area contributed by atoms with Crippen molar-refractivity contribution >= 4 is 17.5 Å². The second-order valence-electron chi connectivity index (χ2n) is 4.19. The quantitative estimate of drug-likeness (QED) is 0.599. The number of hydrogen-bond donors (Lipinski definition) is 0. The normalized spacial score (nSPS) is 12.2. The summed E-state index contributed by atoms with van der Waals surface area (Å²) in [6, 6.07) is 7.13. The molecule has 0 N–H and O–H groups in total. The molecule has 0 radical (unpaired) electrons. The van der Waals surface area contributed by atoms with Gasteiger partial charge in [0.05, 0.1) is 12.4 Å². The van der Waals surface area contributed by atoms with E-state index in [1.54, 1.807) is 43.1 Å². The summed E-state index contributed by atoms with van der Waals surface area (Å²) in [7, 11) is 3.36. The van der Waals surface area contributed by atoms with Crippen LogP contribution in [0.3, 0.4) is 0 Å². The van der Waals surface area contributed by atoms with Crippen molar-refractivity contribution in [3.05, 3.63) is 29.8 Å². The van der Waals surface area contributed by atoms with Gasteiger partial charge in [-0.2, -0.15) is 0 Å². The molecule has 0 aliphatic rings. The maximum absolute atomic E-state index is 12.5. The number of thioether (sulfide) groups is 1. The number of ketones is 1. The Hall–Kier alpha value is -1.89. The van der Waals surface area contributed by atoms with E-state index in [-0.39, 0.29) is 11.0 Å². The molecular weight excluding hydrogens is 276 g/mol. The van der Waals surface area contributed by atoms with Gasteiger partial charge in [-0.3, -0.25) is 4.79 Å². The molecule has 0 unspecified atom stereocenters. The van der Waals surface area contributed by atoms with Crippen LogP contribution in [-0.4, -0.2) is 38.4 Å². The number of nitrogens with zero attached hydrogens (tertiary/aromatic N) is 4. The lowest BCUT2D eigenvalue weighted by Gasteiger charge is -2.12. The summed E-state index contributed by atoms with van der Waals surface area (Å²) in [6.45, 7) is 1.98. The van der Waals surface area contributed by atoms with Crippen molar-refractivity contribution in [1.29, 1.82) is 0 Å². The molecule has 6 nitrogen and oxygen atoms in total. The summed E-state index contributed by atoms with van der Waals surface area (Å²) in [5, 5.41) is 11.7. The number of benzene rings is 1. The van der Waals surface area contributed by atoms with Gasteiger partial charge in [0, 0.05) is 12.6 Å². The van der Waals surface area contributed by atoms with Crippen LogP contribution < -0.4 is 4.74 Å². The Morgan fingerprint density at radius 2 is 2.10 bits per heavy atom. The van der Waals surface area contributed by atoms with Crippen molar-refractivity contribution in [1.82, 2.24) is 20.2 Å². The van der Waals surface area contributed by atoms with E-state index < -0.39 is 0 Å². The van der Waals surface area contributed by atoms with E-state index in [1.165, 1.54) is 11.8 Å². The van der Waals surface area contributed by atoms with Gasteiger partial charge in [0.1, 0.15) is 5.75 Å². The molecule has 0 fully saturated rings. The number of aromatic nitrogens is 4. The predicted octanol–water partition coefficient (Wildman–Crippen LogP) is 1.97. The molecule has 106 valence electrons. The van der Waals surface area contributed by atoms with Gasteiger partial charge in [0.25, 0.3) is 0 Å². The van der Waals surface area contributed by atoms with Gasteiger partial charge in [-0.15, -0.1) is 5.10 Å². The first-order valence-electron chi connectivity index (χ1n) is 6.23. The Bertz CT molecular complexity index is 582. The molecule has 1 aromatic heterocycles. The average molecular weight is 292 g/mol. The number of rotatable bonds is 6. The highest BCUT2D eigenvalue weighted by molar-refractivity contribution is 8.00. The van der Waals surface area contributed by atoms with E-state index in [4.69, 9.17) is 4.74 Å². The Labute approximate surface area is 121 Å². The average Bonchev–Trinajstić information content (AvgIpc) is 2.89. The zero-order valence-electron chi connectivity index (χ0n) is 11.6. The van der Waals surface area contributed by atoms with Crippen molar-refractivity contribution in [3.8, 4) is 5.75 Å². The number of ether oxygens (including phenoxy) is 1. The van der Waals surface area contributed by atoms with Gasteiger partial charge in [-0.25, -0.2) is 4.68 Å².